The smallest absolute Gasteiger partial charge is 0.155 e. The van der Waals surface area contributed by atoms with Crippen LogP contribution in [0.2, 0.25) is 0 Å². The Hall–Kier alpha value is -0.930. The van der Waals surface area contributed by atoms with Gasteiger partial charge in [0.05, 0.1) is 11.7 Å². The number of nitrogens with one attached hydrogen (secondary N) is 1. The van der Waals surface area contributed by atoms with Crippen molar-refractivity contribution in [1.82, 2.24) is 5.32 Å². The van der Waals surface area contributed by atoms with Crippen LogP contribution in [0.3, 0.4) is 0 Å². The molecule has 4 aliphatic carbocycles. The maximum Gasteiger partial charge on any atom is 0.155 e. The molecule has 0 aromatic heterocycles. The van der Waals surface area contributed by atoms with Gasteiger partial charge in [-0.15, -0.1) is 0 Å². The van der Waals surface area contributed by atoms with Gasteiger partial charge in [-0.25, -0.2) is 0 Å². The third kappa shape index (κ3) is 3.18. The lowest BCUT2D eigenvalue weighted by molar-refractivity contribution is -0.116. The van der Waals surface area contributed by atoms with E-state index in [0.717, 1.165) is 50.0 Å². The number of rotatable bonds is 2. The van der Waals surface area contributed by atoms with Crippen LogP contribution < -0.4 is 5.32 Å². The lowest BCUT2D eigenvalue weighted by Gasteiger charge is -2.48. The van der Waals surface area contributed by atoms with Gasteiger partial charge in [-0.3, -0.25) is 4.79 Å². The van der Waals surface area contributed by atoms with Gasteiger partial charge in [-0.2, -0.15) is 0 Å². The topological polar surface area (TPSA) is 38.3 Å². The van der Waals surface area contributed by atoms with Crippen molar-refractivity contribution >= 4 is 5.78 Å². The summed E-state index contributed by atoms with van der Waals surface area (Å²) in [6.45, 7) is 13.0. The molecule has 1 aliphatic heterocycles. The molecule has 1 saturated heterocycles. The van der Waals surface area contributed by atoms with Crippen LogP contribution in [0.15, 0.2) is 22.8 Å². The third-order valence-corrected chi connectivity index (χ3v) is 10.0. The number of carbonyl (C=O) groups is 1. The first-order chi connectivity index (χ1) is 14.2. The van der Waals surface area contributed by atoms with E-state index in [1.54, 1.807) is 11.1 Å². The van der Waals surface area contributed by atoms with E-state index < -0.39 is 0 Å². The Morgan fingerprint density at radius 2 is 1.93 bits per heavy atom. The first-order valence-corrected chi connectivity index (χ1v) is 12.6. The zero-order valence-electron chi connectivity index (χ0n) is 19.7. The molecule has 2 saturated carbocycles. The molecule has 0 bridgehead atoms. The minimum atomic E-state index is -0.112. The van der Waals surface area contributed by atoms with Gasteiger partial charge in [0.1, 0.15) is 0 Å². The summed E-state index contributed by atoms with van der Waals surface area (Å²) in [7, 11) is 0. The Morgan fingerprint density at radius 1 is 1.13 bits per heavy atom. The van der Waals surface area contributed by atoms with Crippen molar-refractivity contribution in [2.75, 3.05) is 6.54 Å². The van der Waals surface area contributed by atoms with Crippen molar-refractivity contribution in [1.29, 1.82) is 0 Å². The fourth-order valence-electron chi connectivity index (χ4n) is 7.87. The second kappa shape index (κ2) is 7.30. The van der Waals surface area contributed by atoms with E-state index >= 15 is 0 Å². The van der Waals surface area contributed by atoms with Gasteiger partial charge in [-0.05, 0) is 113 Å². The van der Waals surface area contributed by atoms with Crippen molar-refractivity contribution in [3.8, 4) is 0 Å². The summed E-state index contributed by atoms with van der Waals surface area (Å²) in [5.74, 6) is 3.33. The average molecular weight is 412 g/mol. The monoisotopic (exact) mass is 411 g/mol. The number of ketones is 1. The summed E-state index contributed by atoms with van der Waals surface area (Å²) in [5.41, 5.74) is 4.86. The second-order valence-electron chi connectivity index (χ2n) is 11.8. The maximum atomic E-state index is 12.1. The van der Waals surface area contributed by atoms with E-state index in [1.165, 1.54) is 31.3 Å². The lowest BCUT2D eigenvalue weighted by Crippen LogP contribution is -2.51. The number of hydrogen-bond acceptors (Lipinski definition) is 3. The predicted octanol–water partition coefficient (Wildman–Crippen LogP) is 5.60. The van der Waals surface area contributed by atoms with Gasteiger partial charge in [0, 0.05) is 12.5 Å². The fourth-order valence-corrected chi connectivity index (χ4v) is 7.87. The zero-order chi connectivity index (χ0) is 21.3. The molecular weight excluding hydrogens is 370 g/mol. The van der Waals surface area contributed by atoms with Crippen molar-refractivity contribution in [3.63, 3.8) is 0 Å². The van der Waals surface area contributed by atoms with E-state index in [1.807, 2.05) is 6.08 Å². The number of ether oxygens (including phenoxy) is 1. The molecule has 0 amide bonds. The molecule has 8 atom stereocenters. The van der Waals surface area contributed by atoms with Crippen LogP contribution in [0.25, 0.3) is 0 Å². The second-order valence-corrected chi connectivity index (χ2v) is 11.8. The Balaban J connectivity index is 1.42. The minimum Gasteiger partial charge on any atom is -0.366 e. The Labute approximate surface area is 183 Å². The standard InChI is InChI=1S/C27H41NO2/c1-16-12-25(18(3)28-15-16)30-27(5)11-9-21-22-7-6-19-13-20(29)8-10-26(19,4)24(22)14-23(21)17(27)2/h13,16,18,21-22,24-25,28H,6-12,14-15H2,1-5H3/t16-,18-,21-,22-,24-,25+,26-,27-/m0/s1. The number of hydrogen-bond donors (Lipinski definition) is 1. The summed E-state index contributed by atoms with van der Waals surface area (Å²) in [5, 5.41) is 3.66. The number of fused-ring (bicyclic) bond motifs is 5. The normalized spacial score (nSPS) is 48.7. The SMILES string of the molecule is CC1=C2C[C@H]3[C@@H](CCC4=CC(=O)CC[C@@]43C)[C@@H]2CC[C@]1(C)O[C@@H]1C[C@H](C)CN[C@H]1C. The average Bonchev–Trinajstić information content (AvgIpc) is 3.09. The fraction of sp³-hybridized carbons (Fsp3) is 0.815. The summed E-state index contributed by atoms with van der Waals surface area (Å²) < 4.78 is 6.95. The van der Waals surface area contributed by atoms with Crippen LogP contribution in [0.4, 0.5) is 0 Å². The Bertz CT molecular complexity index is 797. The molecule has 3 fully saturated rings. The molecule has 3 heteroatoms. The molecule has 5 aliphatic rings. The van der Waals surface area contributed by atoms with Crippen LogP contribution in [0.5, 0.6) is 0 Å². The number of allylic oxidation sites excluding steroid dienone is 3. The Kier molecular flexibility index (Phi) is 5.10. The number of carbonyl (C=O) groups excluding carboxylic acids is 1. The first-order valence-electron chi connectivity index (χ1n) is 12.6. The summed E-state index contributed by atoms with van der Waals surface area (Å²) in [4.78, 5) is 12.1. The largest absolute Gasteiger partial charge is 0.366 e. The van der Waals surface area contributed by atoms with E-state index in [0.29, 0.717) is 23.8 Å². The van der Waals surface area contributed by atoms with E-state index in [2.05, 4.69) is 39.9 Å². The molecular formula is C27H41NO2. The maximum absolute atomic E-state index is 12.1. The van der Waals surface area contributed by atoms with Gasteiger partial charge in [0.15, 0.2) is 5.78 Å². The highest BCUT2D eigenvalue weighted by molar-refractivity contribution is 5.91. The van der Waals surface area contributed by atoms with E-state index in [4.69, 9.17) is 4.74 Å². The highest BCUT2D eigenvalue weighted by atomic mass is 16.5. The van der Waals surface area contributed by atoms with Crippen LogP contribution in [-0.4, -0.2) is 30.1 Å². The van der Waals surface area contributed by atoms with Crippen molar-refractivity contribution in [2.45, 2.75) is 104 Å². The van der Waals surface area contributed by atoms with Gasteiger partial charge < -0.3 is 10.1 Å². The number of piperidine rings is 1. The van der Waals surface area contributed by atoms with Crippen molar-refractivity contribution in [3.05, 3.63) is 22.8 Å². The van der Waals surface area contributed by atoms with Gasteiger partial charge >= 0.3 is 0 Å². The quantitative estimate of drug-likeness (QED) is 0.601. The predicted molar refractivity (Wildman–Crippen MR) is 121 cm³/mol. The molecule has 1 N–H and O–H groups in total. The molecule has 0 spiro atoms. The van der Waals surface area contributed by atoms with Crippen LogP contribution in [0.1, 0.15) is 86.0 Å². The summed E-state index contributed by atoms with van der Waals surface area (Å²) >= 11 is 0. The molecule has 0 aromatic rings. The van der Waals surface area contributed by atoms with Gasteiger partial charge in [0.2, 0.25) is 0 Å². The Morgan fingerprint density at radius 3 is 2.73 bits per heavy atom. The minimum absolute atomic E-state index is 0.112. The summed E-state index contributed by atoms with van der Waals surface area (Å²) in [6, 6.07) is 0.436. The lowest BCUT2D eigenvalue weighted by atomic mass is 9.56. The van der Waals surface area contributed by atoms with Crippen molar-refractivity contribution < 1.29 is 9.53 Å². The van der Waals surface area contributed by atoms with Crippen LogP contribution in [0, 0.1) is 29.1 Å². The molecule has 0 radical (unpaired) electrons. The van der Waals surface area contributed by atoms with Gasteiger partial charge in [0.25, 0.3) is 0 Å². The van der Waals surface area contributed by atoms with E-state index in [-0.39, 0.29) is 11.0 Å². The molecule has 0 aromatic carbocycles. The highest BCUT2D eigenvalue weighted by Gasteiger charge is 2.55. The first kappa shape index (κ1) is 20.9. The summed E-state index contributed by atoms with van der Waals surface area (Å²) in [6.07, 6.45) is 11.4. The molecule has 3 nitrogen and oxygen atoms in total. The molecule has 0 unspecified atom stereocenters. The molecule has 1 heterocycles. The van der Waals surface area contributed by atoms with Crippen LogP contribution in [-0.2, 0) is 9.53 Å². The molecule has 166 valence electrons. The zero-order valence-corrected chi connectivity index (χ0v) is 19.7. The van der Waals surface area contributed by atoms with Crippen LogP contribution >= 0.6 is 0 Å². The molecule has 30 heavy (non-hydrogen) atoms. The molecule has 5 rings (SSSR count). The highest BCUT2D eigenvalue weighted by Crippen LogP contribution is 2.64. The van der Waals surface area contributed by atoms with E-state index in [9.17, 15) is 4.79 Å². The third-order valence-electron chi connectivity index (χ3n) is 10.0. The van der Waals surface area contributed by atoms with Crippen molar-refractivity contribution in [2.24, 2.45) is 29.1 Å². The van der Waals surface area contributed by atoms with Gasteiger partial charge in [-0.1, -0.05) is 25.0 Å².